The van der Waals surface area contributed by atoms with E-state index in [0.29, 0.717) is 10.5 Å². The fraction of sp³-hybridized carbons (Fsp3) is 0.100. The lowest BCUT2D eigenvalue weighted by Crippen LogP contribution is -1.83. The smallest absolute Gasteiger partial charge is 0.206 e. The lowest BCUT2D eigenvalue weighted by atomic mass is 10.1. The maximum Gasteiger partial charge on any atom is 0.206 e. The van der Waals surface area contributed by atoms with Crippen molar-refractivity contribution < 1.29 is 4.52 Å². The minimum Gasteiger partial charge on any atom is -0.348 e. The van der Waals surface area contributed by atoms with Crippen LogP contribution in [0.1, 0.15) is 5.56 Å². The van der Waals surface area contributed by atoms with Gasteiger partial charge in [-0.05, 0) is 28.1 Å². The Kier molecular flexibility index (Phi) is 3.49. The first-order valence-electron chi connectivity index (χ1n) is 4.18. The third-order valence-electron chi connectivity index (χ3n) is 1.97. The van der Waals surface area contributed by atoms with Gasteiger partial charge in [-0.25, -0.2) is 0 Å². The van der Waals surface area contributed by atoms with Crippen LogP contribution in [0.15, 0.2) is 37.9 Å². The quantitative estimate of drug-likeness (QED) is 0.739. The lowest BCUT2D eigenvalue weighted by Gasteiger charge is -1.98. The van der Waals surface area contributed by atoms with Gasteiger partial charge >= 0.3 is 0 Å². The van der Waals surface area contributed by atoms with Crippen molar-refractivity contribution in [1.82, 2.24) is 5.16 Å². The zero-order valence-electron chi connectivity index (χ0n) is 7.51. The van der Waals surface area contributed by atoms with E-state index in [0.717, 1.165) is 21.3 Å². The summed E-state index contributed by atoms with van der Waals surface area (Å²) in [5.74, 6) is 0.367. The molecule has 0 aliphatic heterocycles. The first-order chi connectivity index (χ1) is 7.22. The Morgan fingerprint density at radius 1 is 1.33 bits per heavy atom. The maximum absolute atomic E-state index is 5.83. The fourth-order valence-corrected chi connectivity index (χ4v) is 2.48. The molecule has 2 aromatic rings. The van der Waals surface area contributed by atoms with Crippen LogP contribution in [0.25, 0.3) is 11.3 Å². The van der Waals surface area contributed by atoms with Gasteiger partial charge in [0.1, 0.15) is 5.69 Å². The van der Waals surface area contributed by atoms with Gasteiger partial charge in [0, 0.05) is 15.6 Å². The van der Waals surface area contributed by atoms with Crippen molar-refractivity contribution >= 4 is 43.5 Å². The largest absolute Gasteiger partial charge is 0.348 e. The number of benzene rings is 1. The van der Waals surface area contributed by atoms with E-state index >= 15 is 0 Å². The van der Waals surface area contributed by atoms with Crippen LogP contribution in [-0.2, 0) is 5.88 Å². The van der Waals surface area contributed by atoms with Crippen molar-refractivity contribution in [2.45, 2.75) is 5.88 Å². The third-order valence-corrected chi connectivity index (χ3v) is 3.36. The summed E-state index contributed by atoms with van der Waals surface area (Å²) in [4.78, 5) is 0. The van der Waals surface area contributed by atoms with E-state index < -0.39 is 0 Å². The van der Waals surface area contributed by atoms with Crippen LogP contribution in [-0.4, -0.2) is 5.16 Å². The summed E-state index contributed by atoms with van der Waals surface area (Å²) in [6.07, 6.45) is 0. The molecule has 0 saturated carbocycles. The Morgan fingerprint density at radius 3 is 2.80 bits per heavy atom. The number of nitrogens with zero attached hydrogens (tertiary/aromatic N) is 1. The van der Waals surface area contributed by atoms with Crippen LogP contribution in [0.3, 0.4) is 0 Å². The molecule has 0 N–H and O–H groups in total. The summed E-state index contributed by atoms with van der Waals surface area (Å²) in [5, 5.41) is 3.97. The minimum atomic E-state index is 0.367. The number of hydrogen-bond acceptors (Lipinski definition) is 2. The molecule has 0 fully saturated rings. The predicted molar refractivity (Wildman–Crippen MR) is 66.9 cm³/mol. The van der Waals surface area contributed by atoms with E-state index in [9.17, 15) is 0 Å². The van der Waals surface area contributed by atoms with Crippen LogP contribution in [0, 0.1) is 0 Å². The van der Waals surface area contributed by atoms with Crippen molar-refractivity contribution in [3.63, 3.8) is 0 Å². The molecule has 0 spiro atoms. The Hall–Kier alpha value is -0.320. The van der Waals surface area contributed by atoms with Gasteiger partial charge in [0.25, 0.3) is 0 Å². The minimum absolute atomic E-state index is 0.367. The fourth-order valence-electron chi connectivity index (χ4n) is 1.27. The third kappa shape index (κ3) is 2.27. The average molecular weight is 351 g/mol. The highest BCUT2D eigenvalue weighted by molar-refractivity contribution is 9.10. The summed E-state index contributed by atoms with van der Waals surface area (Å²) >= 11 is 12.5. The molecule has 1 heterocycles. The molecule has 2 nitrogen and oxygen atoms in total. The van der Waals surface area contributed by atoms with Gasteiger partial charge in [-0.2, -0.15) is 0 Å². The number of hydrogen-bond donors (Lipinski definition) is 0. The normalized spacial score (nSPS) is 10.6. The molecule has 0 radical (unpaired) electrons. The van der Waals surface area contributed by atoms with Crippen molar-refractivity contribution in [1.29, 1.82) is 0 Å². The van der Waals surface area contributed by atoms with Crippen molar-refractivity contribution in [3.8, 4) is 11.3 Å². The number of alkyl halides is 1. The monoisotopic (exact) mass is 349 g/mol. The predicted octanol–water partition coefficient (Wildman–Crippen LogP) is 4.61. The Balaban J connectivity index is 2.54. The standard InChI is InChI=1S/C10H6Br2ClNO/c11-7-3-1-2-6(4-7)9-8(5-13)10(12)15-14-9/h1-4H,5H2. The molecule has 0 unspecified atom stereocenters. The van der Waals surface area contributed by atoms with Gasteiger partial charge in [-0.3, -0.25) is 0 Å². The highest BCUT2D eigenvalue weighted by Gasteiger charge is 2.14. The summed E-state index contributed by atoms with van der Waals surface area (Å²) in [5.41, 5.74) is 2.63. The van der Waals surface area contributed by atoms with Crippen LogP contribution < -0.4 is 0 Å². The van der Waals surface area contributed by atoms with Crippen molar-refractivity contribution in [3.05, 3.63) is 39.0 Å². The first kappa shape index (κ1) is 11.2. The van der Waals surface area contributed by atoms with Gasteiger partial charge in [-0.1, -0.05) is 33.2 Å². The molecule has 15 heavy (non-hydrogen) atoms. The molecular weight excluding hydrogens is 345 g/mol. The second-order valence-electron chi connectivity index (χ2n) is 2.93. The van der Waals surface area contributed by atoms with Crippen LogP contribution in [0.5, 0.6) is 0 Å². The van der Waals surface area contributed by atoms with Crippen LogP contribution in [0.2, 0.25) is 0 Å². The summed E-state index contributed by atoms with van der Waals surface area (Å²) in [6.45, 7) is 0. The molecule has 0 aliphatic carbocycles. The van der Waals surface area contributed by atoms with Gasteiger partial charge in [0.05, 0.1) is 5.88 Å². The molecule has 0 amide bonds. The van der Waals surface area contributed by atoms with Gasteiger partial charge in [-0.15, -0.1) is 11.6 Å². The highest BCUT2D eigenvalue weighted by atomic mass is 79.9. The van der Waals surface area contributed by atoms with Gasteiger partial charge < -0.3 is 4.52 Å². The Bertz CT molecular complexity index is 484. The van der Waals surface area contributed by atoms with E-state index in [4.69, 9.17) is 16.1 Å². The second kappa shape index (κ2) is 4.68. The SMILES string of the molecule is ClCc1c(-c2cccc(Br)c2)noc1Br. The second-order valence-corrected chi connectivity index (χ2v) is 4.83. The molecule has 1 aromatic carbocycles. The van der Waals surface area contributed by atoms with Crippen molar-refractivity contribution in [2.75, 3.05) is 0 Å². The van der Waals surface area contributed by atoms with Crippen LogP contribution >= 0.6 is 43.5 Å². The zero-order chi connectivity index (χ0) is 10.8. The molecule has 0 atom stereocenters. The number of rotatable bonds is 2. The molecule has 2 rings (SSSR count). The Morgan fingerprint density at radius 2 is 2.13 bits per heavy atom. The van der Waals surface area contributed by atoms with E-state index in [1.165, 1.54) is 0 Å². The molecule has 78 valence electrons. The molecular formula is C10H6Br2ClNO. The first-order valence-corrected chi connectivity index (χ1v) is 6.30. The summed E-state index contributed by atoms with van der Waals surface area (Å²) in [6, 6.07) is 7.84. The highest BCUT2D eigenvalue weighted by Crippen LogP contribution is 2.31. The Labute approximate surface area is 109 Å². The average Bonchev–Trinajstić information content (AvgIpc) is 2.59. The zero-order valence-corrected chi connectivity index (χ0v) is 11.4. The molecule has 0 aliphatic rings. The van der Waals surface area contributed by atoms with E-state index in [1.54, 1.807) is 0 Å². The molecule has 1 aromatic heterocycles. The van der Waals surface area contributed by atoms with Crippen molar-refractivity contribution in [2.24, 2.45) is 0 Å². The van der Waals surface area contributed by atoms with E-state index in [-0.39, 0.29) is 0 Å². The van der Waals surface area contributed by atoms with E-state index in [2.05, 4.69) is 37.0 Å². The summed E-state index contributed by atoms with van der Waals surface area (Å²) < 4.78 is 6.64. The maximum atomic E-state index is 5.83. The number of halogens is 3. The topological polar surface area (TPSA) is 26.0 Å². The molecule has 0 bridgehead atoms. The van der Waals surface area contributed by atoms with E-state index in [1.807, 2.05) is 24.3 Å². The van der Waals surface area contributed by atoms with Gasteiger partial charge in [0.15, 0.2) is 0 Å². The van der Waals surface area contributed by atoms with Crippen LogP contribution in [0.4, 0.5) is 0 Å². The summed E-state index contributed by atoms with van der Waals surface area (Å²) in [7, 11) is 0. The molecule has 5 heteroatoms. The lowest BCUT2D eigenvalue weighted by molar-refractivity contribution is 0.401. The number of aromatic nitrogens is 1. The molecule has 0 saturated heterocycles. The van der Waals surface area contributed by atoms with Gasteiger partial charge in [0.2, 0.25) is 4.67 Å².